The highest BCUT2D eigenvalue weighted by atomic mass is 16.5. The zero-order chi connectivity index (χ0) is 8.81. The van der Waals surface area contributed by atoms with E-state index in [4.69, 9.17) is 4.74 Å². The predicted molar refractivity (Wildman–Crippen MR) is 43.5 cm³/mol. The van der Waals surface area contributed by atoms with E-state index < -0.39 is 6.10 Å². The Morgan fingerprint density at radius 2 is 2.17 bits per heavy atom. The number of hydrogen-bond acceptors (Lipinski definition) is 4. The average Bonchev–Trinajstić information content (AvgIpc) is 2.15. The van der Waals surface area contributed by atoms with Gasteiger partial charge < -0.3 is 9.84 Å². The van der Waals surface area contributed by atoms with Gasteiger partial charge in [-0.3, -0.25) is 0 Å². The third-order valence-corrected chi connectivity index (χ3v) is 1.36. The molecule has 0 aliphatic rings. The van der Waals surface area contributed by atoms with Gasteiger partial charge in [0.25, 0.3) is 0 Å². The standard InChI is InChI=1S/C8H12N2O2/c1-2-12-6-7(11)8-9-4-3-5-10-8/h3-5,7,11H,2,6H2,1H3. The van der Waals surface area contributed by atoms with Crippen LogP contribution in [0.3, 0.4) is 0 Å². The van der Waals surface area contributed by atoms with E-state index >= 15 is 0 Å². The number of nitrogens with zero attached hydrogens (tertiary/aromatic N) is 2. The Morgan fingerprint density at radius 1 is 1.50 bits per heavy atom. The molecule has 1 aromatic rings. The van der Waals surface area contributed by atoms with Crippen LogP contribution in [0.1, 0.15) is 18.9 Å². The first kappa shape index (κ1) is 9.09. The summed E-state index contributed by atoms with van der Waals surface area (Å²) in [7, 11) is 0. The van der Waals surface area contributed by atoms with Gasteiger partial charge in [-0.1, -0.05) is 0 Å². The molecule has 0 radical (unpaired) electrons. The Hall–Kier alpha value is -1.00. The van der Waals surface area contributed by atoms with E-state index in [1.165, 1.54) is 0 Å². The molecule has 0 saturated heterocycles. The van der Waals surface area contributed by atoms with Crippen LogP contribution in [0.2, 0.25) is 0 Å². The Balaban J connectivity index is 2.48. The first-order valence-corrected chi connectivity index (χ1v) is 3.87. The minimum Gasteiger partial charge on any atom is -0.383 e. The van der Waals surface area contributed by atoms with Gasteiger partial charge in [0.1, 0.15) is 6.10 Å². The third kappa shape index (κ3) is 2.56. The lowest BCUT2D eigenvalue weighted by molar-refractivity contribution is 0.0373. The molecule has 1 heterocycles. The van der Waals surface area contributed by atoms with Crippen molar-refractivity contribution in [2.24, 2.45) is 0 Å². The summed E-state index contributed by atoms with van der Waals surface area (Å²) in [6, 6.07) is 1.71. The van der Waals surface area contributed by atoms with Gasteiger partial charge in [-0.15, -0.1) is 0 Å². The van der Waals surface area contributed by atoms with Crippen molar-refractivity contribution in [3.63, 3.8) is 0 Å². The second-order valence-electron chi connectivity index (χ2n) is 2.28. The summed E-state index contributed by atoms with van der Waals surface area (Å²) >= 11 is 0. The zero-order valence-corrected chi connectivity index (χ0v) is 6.97. The summed E-state index contributed by atoms with van der Waals surface area (Å²) < 4.78 is 5.02. The summed E-state index contributed by atoms with van der Waals surface area (Å²) in [5.74, 6) is 0.408. The number of aromatic nitrogens is 2. The van der Waals surface area contributed by atoms with E-state index in [1.54, 1.807) is 18.5 Å². The molecule has 4 nitrogen and oxygen atoms in total. The quantitative estimate of drug-likeness (QED) is 0.713. The Morgan fingerprint density at radius 3 is 2.75 bits per heavy atom. The Labute approximate surface area is 71.2 Å². The summed E-state index contributed by atoms with van der Waals surface area (Å²) in [6.45, 7) is 2.71. The van der Waals surface area contributed by atoms with Crippen LogP contribution in [0.25, 0.3) is 0 Å². The number of aliphatic hydroxyl groups excluding tert-OH is 1. The molecule has 0 bridgehead atoms. The maximum absolute atomic E-state index is 9.40. The van der Waals surface area contributed by atoms with Crippen molar-refractivity contribution in [1.29, 1.82) is 0 Å². The molecule has 0 saturated carbocycles. The summed E-state index contributed by atoms with van der Waals surface area (Å²) in [5, 5.41) is 9.40. The smallest absolute Gasteiger partial charge is 0.159 e. The average molecular weight is 168 g/mol. The summed E-state index contributed by atoms with van der Waals surface area (Å²) in [5.41, 5.74) is 0. The number of rotatable bonds is 4. The van der Waals surface area contributed by atoms with Crippen LogP contribution in [-0.2, 0) is 4.74 Å². The minimum absolute atomic E-state index is 0.251. The van der Waals surface area contributed by atoms with Gasteiger partial charge in [0, 0.05) is 19.0 Å². The topological polar surface area (TPSA) is 55.2 Å². The van der Waals surface area contributed by atoms with Crippen molar-refractivity contribution in [2.45, 2.75) is 13.0 Å². The molecule has 0 amide bonds. The number of ether oxygens (including phenoxy) is 1. The largest absolute Gasteiger partial charge is 0.383 e. The van der Waals surface area contributed by atoms with E-state index in [-0.39, 0.29) is 6.61 Å². The molecule has 66 valence electrons. The Bertz CT molecular complexity index is 216. The Kier molecular flexibility index (Phi) is 3.63. The van der Waals surface area contributed by atoms with Crippen molar-refractivity contribution < 1.29 is 9.84 Å². The molecular weight excluding hydrogens is 156 g/mol. The molecule has 0 aromatic carbocycles. The molecule has 0 aliphatic carbocycles. The van der Waals surface area contributed by atoms with Crippen molar-refractivity contribution in [3.05, 3.63) is 24.3 Å². The van der Waals surface area contributed by atoms with E-state index in [0.717, 1.165) is 0 Å². The van der Waals surface area contributed by atoms with Crippen molar-refractivity contribution >= 4 is 0 Å². The lowest BCUT2D eigenvalue weighted by Gasteiger charge is -2.07. The van der Waals surface area contributed by atoms with Crippen molar-refractivity contribution in [2.75, 3.05) is 13.2 Å². The van der Waals surface area contributed by atoms with Crippen LogP contribution < -0.4 is 0 Å². The molecule has 1 rings (SSSR count). The van der Waals surface area contributed by atoms with Crippen LogP contribution in [0.15, 0.2) is 18.5 Å². The zero-order valence-electron chi connectivity index (χ0n) is 6.97. The first-order valence-electron chi connectivity index (χ1n) is 3.87. The maximum Gasteiger partial charge on any atom is 0.159 e. The fraction of sp³-hybridized carbons (Fsp3) is 0.500. The van der Waals surface area contributed by atoms with Gasteiger partial charge in [-0.2, -0.15) is 0 Å². The number of aliphatic hydroxyl groups is 1. The van der Waals surface area contributed by atoms with Gasteiger partial charge in [-0.25, -0.2) is 9.97 Å². The maximum atomic E-state index is 9.40. The normalized spacial score (nSPS) is 12.8. The summed E-state index contributed by atoms with van der Waals surface area (Å²) in [6.07, 6.45) is 2.47. The monoisotopic (exact) mass is 168 g/mol. The third-order valence-electron chi connectivity index (χ3n) is 1.36. The molecule has 0 fully saturated rings. The van der Waals surface area contributed by atoms with Crippen LogP contribution in [0, 0.1) is 0 Å². The molecule has 1 atom stereocenters. The van der Waals surface area contributed by atoms with Crippen molar-refractivity contribution in [1.82, 2.24) is 9.97 Å². The lowest BCUT2D eigenvalue weighted by atomic mass is 10.3. The fourth-order valence-electron chi connectivity index (χ4n) is 0.787. The van der Waals surface area contributed by atoms with E-state index in [2.05, 4.69) is 9.97 Å². The number of hydrogen-bond donors (Lipinski definition) is 1. The van der Waals surface area contributed by atoms with Gasteiger partial charge in [0.2, 0.25) is 0 Å². The molecule has 1 N–H and O–H groups in total. The van der Waals surface area contributed by atoms with Crippen LogP contribution in [0.5, 0.6) is 0 Å². The molecule has 0 spiro atoms. The first-order chi connectivity index (χ1) is 5.84. The highest BCUT2D eigenvalue weighted by molar-refractivity contribution is 4.92. The molecular formula is C8H12N2O2. The van der Waals surface area contributed by atoms with Gasteiger partial charge >= 0.3 is 0 Å². The fourth-order valence-corrected chi connectivity index (χ4v) is 0.787. The lowest BCUT2D eigenvalue weighted by Crippen LogP contribution is -2.10. The van der Waals surface area contributed by atoms with Crippen LogP contribution in [-0.4, -0.2) is 28.3 Å². The molecule has 4 heteroatoms. The minimum atomic E-state index is -0.717. The SMILES string of the molecule is CCOCC(O)c1ncccn1. The second kappa shape index (κ2) is 4.79. The molecule has 12 heavy (non-hydrogen) atoms. The molecule has 1 aromatic heterocycles. The van der Waals surface area contributed by atoms with E-state index in [1.807, 2.05) is 6.92 Å². The van der Waals surface area contributed by atoms with E-state index in [0.29, 0.717) is 12.4 Å². The summed E-state index contributed by atoms with van der Waals surface area (Å²) in [4.78, 5) is 7.78. The second-order valence-corrected chi connectivity index (χ2v) is 2.28. The van der Waals surface area contributed by atoms with Crippen molar-refractivity contribution in [3.8, 4) is 0 Å². The van der Waals surface area contributed by atoms with Gasteiger partial charge in [0.05, 0.1) is 6.61 Å². The predicted octanol–water partition coefficient (Wildman–Crippen LogP) is 0.547. The highest BCUT2D eigenvalue weighted by Gasteiger charge is 2.08. The molecule has 0 aliphatic heterocycles. The van der Waals surface area contributed by atoms with Gasteiger partial charge in [0.15, 0.2) is 5.82 Å². The van der Waals surface area contributed by atoms with Gasteiger partial charge in [-0.05, 0) is 13.0 Å². The molecule has 1 unspecified atom stereocenters. The van der Waals surface area contributed by atoms with Crippen LogP contribution >= 0.6 is 0 Å². The highest BCUT2D eigenvalue weighted by Crippen LogP contribution is 2.05. The van der Waals surface area contributed by atoms with E-state index in [9.17, 15) is 5.11 Å². The van der Waals surface area contributed by atoms with Crippen LogP contribution in [0.4, 0.5) is 0 Å².